The summed E-state index contributed by atoms with van der Waals surface area (Å²) < 4.78 is 10.9. The maximum absolute atomic E-state index is 11.9. The summed E-state index contributed by atoms with van der Waals surface area (Å²) in [5.41, 5.74) is 1.22. The van der Waals surface area contributed by atoms with Crippen molar-refractivity contribution < 1.29 is 24.5 Å². The molecular formula is C15H17N3O5. The molecule has 1 atom stereocenters. The summed E-state index contributed by atoms with van der Waals surface area (Å²) in [4.78, 5) is 11.9. The first-order valence-corrected chi connectivity index (χ1v) is 7.18. The van der Waals surface area contributed by atoms with E-state index >= 15 is 0 Å². The summed E-state index contributed by atoms with van der Waals surface area (Å²) in [5, 5.41) is 28.0. The zero-order valence-corrected chi connectivity index (χ0v) is 12.3. The van der Waals surface area contributed by atoms with Crippen LogP contribution in [-0.4, -0.2) is 46.1 Å². The summed E-state index contributed by atoms with van der Waals surface area (Å²) in [6, 6.07) is 6.61. The minimum atomic E-state index is -0.883. The Kier molecular flexibility index (Phi) is 4.45. The van der Waals surface area contributed by atoms with Crippen molar-refractivity contribution in [3.63, 3.8) is 0 Å². The molecule has 1 aliphatic heterocycles. The minimum Gasteiger partial charge on any atom is -0.486 e. The molecule has 2 aromatic rings. The molecule has 122 valence electrons. The van der Waals surface area contributed by atoms with Gasteiger partial charge in [0.15, 0.2) is 11.5 Å². The van der Waals surface area contributed by atoms with E-state index in [0.717, 1.165) is 0 Å². The van der Waals surface area contributed by atoms with Crippen LogP contribution in [0.5, 0.6) is 11.5 Å². The van der Waals surface area contributed by atoms with E-state index in [2.05, 4.69) is 15.5 Å². The molecule has 0 saturated carbocycles. The second-order valence-corrected chi connectivity index (χ2v) is 5.07. The molecule has 2 heterocycles. The second kappa shape index (κ2) is 6.67. The summed E-state index contributed by atoms with van der Waals surface area (Å²) in [5.74, 6) is 0.792. The molecule has 8 nitrogen and oxygen atoms in total. The molecule has 3 rings (SSSR count). The number of hydrogen-bond acceptors (Lipinski definition) is 6. The van der Waals surface area contributed by atoms with Crippen LogP contribution < -0.4 is 14.8 Å². The highest BCUT2D eigenvalue weighted by Gasteiger charge is 2.17. The van der Waals surface area contributed by atoms with Gasteiger partial charge < -0.3 is 25.0 Å². The fourth-order valence-electron chi connectivity index (χ4n) is 2.22. The molecule has 1 aromatic heterocycles. The third-order valence-corrected chi connectivity index (χ3v) is 3.44. The summed E-state index contributed by atoms with van der Waals surface area (Å²) >= 11 is 0. The Hall–Kier alpha value is -2.58. The van der Waals surface area contributed by atoms with Crippen LogP contribution in [0.25, 0.3) is 0 Å². The largest absolute Gasteiger partial charge is 0.486 e. The molecule has 4 N–H and O–H groups in total. The van der Waals surface area contributed by atoms with E-state index in [4.69, 9.17) is 14.6 Å². The highest BCUT2D eigenvalue weighted by molar-refractivity contribution is 5.92. The Morgan fingerprint density at radius 1 is 1.30 bits per heavy atom. The summed E-state index contributed by atoms with van der Waals surface area (Å²) in [6.45, 7) is 0.778. The summed E-state index contributed by atoms with van der Waals surface area (Å²) in [7, 11) is 0. The lowest BCUT2D eigenvalue weighted by molar-refractivity contribution is 0.0911. The number of rotatable bonds is 5. The number of hydrogen-bond donors (Lipinski definition) is 4. The molecule has 1 aliphatic rings. The number of carbonyl (C=O) groups is 1. The van der Waals surface area contributed by atoms with E-state index < -0.39 is 12.0 Å². The van der Waals surface area contributed by atoms with Gasteiger partial charge in [-0.25, -0.2) is 0 Å². The molecule has 0 aliphatic carbocycles. The molecule has 0 fully saturated rings. The highest BCUT2D eigenvalue weighted by atomic mass is 16.6. The first-order valence-electron chi connectivity index (χ1n) is 7.18. The minimum absolute atomic E-state index is 0.0276. The quantitative estimate of drug-likeness (QED) is 0.623. The first kappa shape index (κ1) is 15.3. The van der Waals surface area contributed by atoms with Gasteiger partial charge in [-0.3, -0.25) is 9.89 Å². The van der Waals surface area contributed by atoms with E-state index in [1.807, 2.05) is 0 Å². The van der Waals surface area contributed by atoms with Gasteiger partial charge in [0.1, 0.15) is 18.9 Å². The van der Waals surface area contributed by atoms with E-state index in [-0.39, 0.29) is 18.8 Å². The molecule has 0 unspecified atom stereocenters. The number of aliphatic hydroxyl groups is 2. The Morgan fingerprint density at radius 3 is 2.83 bits per heavy atom. The molecule has 8 heteroatoms. The van der Waals surface area contributed by atoms with Gasteiger partial charge >= 0.3 is 0 Å². The van der Waals surface area contributed by atoms with Crippen molar-refractivity contribution in [2.24, 2.45) is 0 Å². The molecular weight excluding hydrogens is 302 g/mol. The van der Waals surface area contributed by atoms with E-state index in [9.17, 15) is 9.90 Å². The molecule has 0 spiro atoms. The maximum Gasteiger partial charge on any atom is 0.271 e. The second-order valence-electron chi connectivity index (χ2n) is 5.07. The molecule has 0 saturated heterocycles. The SMILES string of the molecule is O=C(NC[C@H](O)c1ccc2c(c1)OCCO2)c1cc(CO)[nH]n1. The highest BCUT2D eigenvalue weighted by Crippen LogP contribution is 2.32. The van der Waals surface area contributed by atoms with Crippen molar-refractivity contribution in [1.29, 1.82) is 0 Å². The van der Waals surface area contributed by atoms with Gasteiger partial charge in [0, 0.05) is 6.54 Å². The van der Waals surface area contributed by atoms with Crippen LogP contribution in [0.3, 0.4) is 0 Å². The monoisotopic (exact) mass is 319 g/mol. The topological polar surface area (TPSA) is 117 Å². The van der Waals surface area contributed by atoms with Crippen molar-refractivity contribution in [1.82, 2.24) is 15.5 Å². The fourth-order valence-corrected chi connectivity index (χ4v) is 2.22. The lowest BCUT2D eigenvalue weighted by Crippen LogP contribution is -2.28. The van der Waals surface area contributed by atoms with E-state index in [0.29, 0.717) is 36.0 Å². The Morgan fingerprint density at radius 2 is 2.09 bits per heavy atom. The van der Waals surface area contributed by atoms with Crippen LogP contribution in [0.2, 0.25) is 0 Å². The van der Waals surface area contributed by atoms with Crippen molar-refractivity contribution in [2.45, 2.75) is 12.7 Å². The molecule has 1 aromatic carbocycles. The van der Waals surface area contributed by atoms with Gasteiger partial charge in [-0.2, -0.15) is 5.10 Å². The predicted molar refractivity (Wildman–Crippen MR) is 79.2 cm³/mol. The number of aromatic nitrogens is 2. The third kappa shape index (κ3) is 3.43. The Balaban J connectivity index is 1.60. The number of amides is 1. The lowest BCUT2D eigenvalue weighted by Gasteiger charge is -2.20. The van der Waals surface area contributed by atoms with Gasteiger partial charge in [-0.1, -0.05) is 6.07 Å². The van der Waals surface area contributed by atoms with Crippen LogP contribution in [0.1, 0.15) is 27.8 Å². The number of ether oxygens (including phenoxy) is 2. The maximum atomic E-state index is 11.9. The van der Waals surface area contributed by atoms with Crippen LogP contribution in [0.15, 0.2) is 24.3 Å². The predicted octanol–water partition coefficient (Wildman–Crippen LogP) is 0.137. The average Bonchev–Trinajstić information content (AvgIpc) is 3.08. The summed E-state index contributed by atoms with van der Waals surface area (Å²) in [6.07, 6.45) is -0.883. The normalized spacial score (nSPS) is 14.3. The number of nitrogens with one attached hydrogen (secondary N) is 2. The zero-order chi connectivity index (χ0) is 16.2. The first-order chi connectivity index (χ1) is 11.2. The number of aromatic amines is 1. The Labute approximate surface area is 132 Å². The number of benzene rings is 1. The third-order valence-electron chi connectivity index (χ3n) is 3.44. The fraction of sp³-hybridized carbons (Fsp3) is 0.333. The van der Waals surface area contributed by atoms with E-state index in [1.54, 1.807) is 18.2 Å². The molecule has 0 radical (unpaired) electrons. The van der Waals surface area contributed by atoms with Crippen LogP contribution in [0, 0.1) is 0 Å². The van der Waals surface area contributed by atoms with Gasteiger partial charge in [0.25, 0.3) is 5.91 Å². The van der Waals surface area contributed by atoms with Gasteiger partial charge in [0.05, 0.1) is 18.4 Å². The number of fused-ring (bicyclic) bond motifs is 1. The number of nitrogens with zero attached hydrogens (tertiary/aromatic N) is 1. The zero-order valence-electron chi connectivity index (χ0n) is 12.3. The number of H-pyrrole nitrogens is 1. The number of aliphatic hydroxyl groups excluding tert-OH is 2. The molecule has 0 bridgehead atoms. The molecule has 23 heavy (non-hydrogen) atoms. The number of carbonyl (C=O) groups excluding carboxylic acids is 1. The lowest BCUT2D eigenvalue weighted by atomic mass is 10.1. The van der Waals surface area contributed by atoms with E-state index in [1.165, 1.54) is 6.07 Å². The van der Waals surface area contributed by atoms with Crippen LogP contribution in [0.4, 0.5) is 0 Å². The van der Waals surface area contributed by atoms with Crippen molar-refractivity contribution in [3.05, 3.63) is 41.2 Å². The van der Waals surface area contributed by atoms with Gasteiger partial charge in [-0.05, 0) is 23.8 Å². The van der Waals surface area contributed by atoms with Crippen molar-refractivity contribution in [3.8, 4) is 11.5 Å². The van der Waals surface area contributed by atoms with Crippen molar-refractivity contribution >= 4 is 5.91 Å². The van der Waals surface area contributed by atoms with Crippen LogP contribution >= 0.6 is 0 Å². The standard InChI is InChI=1S/C15H17N3O5/c19-8-10-6-11(18-17-10)15(21)16-7-12(20)9-1-2-13-14(5-9)23-4-3-22-13/h1-2,5-6,12,19-20H,3-4,7-8H2,(H,16,21)(H,17,18)/t12-/m0/s1. The van der Waals surface area contributed by atoms with Gasteiger partial charge in [-0.15, -0.1) is 0 Å². The van der Waals surface area contributed by atoms with Crippen molar-refractivity contribution in [2.75, 3.05) is 19.8 Å². The Bertz CT molecular complexity index is 700. The smallest absolute Gasteiger partial charge is 0.271 e. The average molecular weight is 319 g/mol. The van der Waals surface area contributed by atoms with Gasteiger partial charge in [0.2, 0.25) is 0 Å². The molecule has 1 amide bonds. The van der Waals surface area contributed by atoms with Crippen LogP contribution in [-0.2, 0) is 6.61 Å².